The van der Waals surface area contributed by atoms with Gasteiger partial charge in [-0.3, -0.25) is 4.79 Å². The second kappa shape index (κ2) is 6.51. The third-order valence-electron chi connectivity index (χ3n) is 4.26. The number of aromatic nitrogens is 3. The molecule has 0 aliphatic heterocycles. The average molecular weight is 332 g/mol. The number of nitrogens with one attached hydrogen (secondary N) is 1. The van der Waals surface area contributed by atoms with Crippen LogP contribution >= 0.6 is 0 Å². The third kappa shape index (κ3) is 3.76. The van der Waals surface area contributed by atoms with Gasteiger partial charge in [0, 0.05) is 17.2 Å². The SMILES string of the molecule is Cc1cccc(-c2ncn(Cc3cccc(C(=O)NC4CC4)c3)n2)c1. The van der Waals surface area contributed by atoms with Crippen LogP contribution in [-0.4, -0.2) is 26.7 Å². The fourth-order valence-electron chi connectivity index (χ4n) is 2.78. The quantitative estimate of drug-likeness (QED) is 0.780. The van der Waals surface area contributed by atoms with E-state index in [0.717, 1.165) is 24.0 Å². The molecule has 5 heteroatoms. The van der Waals surface area contributed by atoms with E-state index < -0.39 is 0 Å². The highest BCUT2D eigenvalue weighted by atomic mass is 16.1. The van der Waals surface area contributed by atoms with Crippen molar-refractivity contribution in [2.75, 3.05) is 0 Å². The molecule has 1 aliphatic carbocycles. The topological polar surface area (TPSA) is 59.8 Å². The zero-order chi connectivity index (χ0) is 17.2. The smallest absolute Gasteiger partial charge is 0.251 e. The molecule has 5 nitrogen and oxygen atoms in total. The number of carbonyl (C=O) groups is 1. The Hall–Kier alpha value is -2.95. The van der Waals surface area contributed by atoms with Crippen molar-refractivity contribution < 1.29 is 4.79 Å². The lowest BCUT2D eigenvalue weighted by molar-refractivity contribution is 0.0951. The van der Waals surface area contributed by atoms with Crippen LogP contribution in [0.3, 0.4) is 0 Å². The van der Waals surface area contributed by atoms with E-state index >= 15 is 0 Å². The van der Waals surface area contributed by atoms with E-state index in [-0.39, 0.29) is 5.91 Å². The van der Waals surface area contributed by atoms with Crippen molar-refractivity contribution in [3.8, 4) is 11.4 Å². The molecule has 1 heterocycles. The molecule has 0 radical (unpaired) electrons. The predicted octanol–water partition coefficient (Wildman–Crippen LogP) is 3.19. The standard InChI is InChI=1S/C20H20N4O/c1-14-4-2-6-16(10-14)19-21-13-24(23-19)12-15-5-3-7-17(11-15)20(25)22-18-8-9-18/h2-7,10-11,13,18H,8-9,12H2,1H3,(H,22,25). The van der Waals surface area contributed by atoms with Crippen molar-refractivity contribution in [1.29, 1.82) is 0 Å². The molecule has 4 rings (SSSR count). The molecule has 0 atom stereocenters. The first-order chi connectivity index (χ1) is 12.2. The summed E-state index contributed by atoms with van der Waals surface area (Å²) in [4.78, 5) is 16.6. The molecule has 1 N–H and O–H groups in total. The molecule has 1 aromatic heterocycles. The number of rotatable bonds is 5. The highest BCUT2D eigenvalue weighted by Crippen LogP contribution is 2.20. The molecule has 2 aromatic carbocycles. The van der Waals surface area contributed by atoms with Crippen LogP contribution in [0.1, 0.15) is 34.3 Å². The summed E-state index contributed by atoms with van der Waals surface area (Å²) in [5.41, 5.74) is 3.92. The van der Waals surface area contributed by atoms with Crippen molar-refractivity contribution in [2.45, 2.75) is 32.4 Å². The van der Waals surface area contributed by atoms with Crippen LogP contribution in [-0.2, 0) is 6.54 Å². The summed E-state index contributed by atoms with van der Waals surface area (Å²) in [5, 5.41) is 7.57. The van der Waals surface area contributed by atoms with Gasteiger partial charge in [-0.2, -0.15) is 5.10 Å². The van der Waals surface area contributed by atoms with Crippen LogP contribution in [0.5, 0.6) is 0 Å². The number of nitrogens with zero attached hydrogens (tertiary/aromatic N) is 3. The fraction of sp³-hybridized carbons (Fsp3) is 0.250. The zero-order valence-corrected chi connectivity index (χ0v) is 14.1. The Balaban J connectivity index is 1.50. The molecular formula is C20H20N4O. The van der Waals surface area contributed by atoms with Crippen LogP contribution < -0.4 is 5.32 Å². The van der Waals surface area contributed by atoms with Gasteiger partial charge in [-0.25, -0.2) is 9.67 Å². The van der Waals surface area contributed by atoms with Crippen LogP contribution in [0.15, 0.2) is 54.9 Å². The van der Waals surface area contributed by atoms with Crippen molar-refractivity contribution in [3.63, 3.8) is 0 Å². The number of hydrogen-bond donors (Lipinski definition) is 1. The summed E-state index contributed by atoms with van der Waals surface area (Å²) in [5.74, 6) is 0.717. The normalized spacial score (nSPS) is 13.6. The Labute approximate surface area is 146 Å². The van der Waals surface area contributed by atoms with Crippen molar-refractivity contribution in [1.82, 2.24) is 20.1 Å². The molecule has 25 heavy (non-hydrogen) atoms. The van der Waals surface area contributed by atoms with E-state index in [0.29, 0.717) is 24.0 Å². The van der Waals surface area contributed by atoms with Gasteiger partial charge in [0.1, 0.15) is 6.33 Å². The van der Waals surface area contributed by atoms with Crippen molar-refractivity contribution in [3.05, 3.63) is 71.5 Å². The van der Waals surface area contributed by atoms with E-state index in [4.69, 9.17) is 0 Å². The lowest BCUT2D eigenvalue weighted by Crippen LogP contribution is -2.25. The summed E-state index contributed by atoms with van der Waals surface area (Å²) in [6.45, 7) is 2.64. The molecule has 126 valence electrons. The van der Waals surface area contributed by atoms with E-state index in [9.17, 15) is 4.79 Å². The van der Waals surface area contributed by atoms with Gasteiger partial charge in [0.15, 0.2) is 5.82 Å². The van der Waals surface area contributed by atoms with E-state index in [2.05, 4.69) is 34.5 Å². The number of amides is 1. The monoisotopic (exact) mass is 332 g/mol. The molecule has 0 bridgehead atoms. The lowest BCUT2D eigenvalue weighted by atomic mass is 10.1. The van der Waals surface area contributed by atoms with Gasteiger partial charge in [0.25, 0.3) is 5.91 Å². The molecular weight excluding hydrogens is 312 g/mol. The van der Waals surface area contributed by atoms with E-state index in [1.807, 2.05) is 36.4 Å². The largest absolute Gasteiger partial charge is 0.349 e. The maximum Gasteiger partial charge on any atom is 0.251 e. The number of hydrogen-bond acceptors (Lipinski definition) is 3. The Bertz CT molecular complexity index is 911. The number of benzene rings is 2. The Morgan fingerprint density at radius 1 is 1.20 bits per heavy atom. The predicted molar refractivity (Wildman–Crippen MR) is 96.2 cm³/mol. The minimum absolute atomic E-state index is 0.00314. The molecule has 1 fully saturated rings. The number of carbonyl (C=O) groups excluding carboxylic acids is 1. The summed E-state index contributed by atoms with van der Waals surface area (Å²) in [6.07, 6.45) is 3.91. The summed E-state index contributed by atoms with van der Waals surface area (Å²) in [6, 6.07) is 16.2. The second-order valence-corrected chi connectivity index (χ2v) is 6.58. The molecule has 0 unspecified atom stereocenters. The van der Waals surface area contributed by atoms with Gasteiger partial charge in [0.2, 0.25) is 0 Å². The summed E-state index contributed by atoms with van der Waals surface area (Å²) < 4.78 is 1.80. The molecule has 1 saturated carbocycles. The van der Waals surface area contributed by atoms with Crippen LogP contribution in [0.25, 0.3) is 11.4 Å². The Morgan fingerprint density at radius 3 is 2.84 bits per heavy atom. The second-order valence-electron chi connectivity index (χ2n) is 6.58. The maximum atomic E-state index is 12.2. The lowest BCUT2D eigenvalue weighted by Gasteiger charge is -2.06. The van der Waals surface area contributed by atoms with Crippen molar-refractivity contribution >= 4 is 5.91 Å². The van der Waals surface area contributed by atoms with E-state index in [1.165, 1.54) is 5.56 Å². The van der Waals surface area contributed by atoms with Crippen molar-refractivity contribution in [2.24, 2.45) is 0 Å². The van der Waals surface area contributed by atoms with Gasteiger partial charge in [0.05, 0.1) is 6.54 Å². The fourth-order valence-corrected chi connectivity index (χ4v) is 2.78. The highest BCUT2D eigenvalue weighted by Gasteiger charge is 2.23. The minimum Gasteiger partial charge on any atom is -0.349 e. The first-order valence-electron chi connectivity index (χ1n) is 8.54. The van der Waals surface area contributed by atoms with Crippen LogP contribution in [0, 0.1) is 6.92 Å². The highest BCUT2D eigenvalue weighted by molar-refractivity contribution is 5.94. The van der Waals surface area contributed by atoms with E-state index in [1.54, 1.807) is 11.0 Å². The minimum atomic E-state index is 0.00314. The first-order valence-corrected chi connectivity index (χ1v) is 8.54. The number of aryl methyl sites for hydroxylation is 1. The van der Waals surface area contributed by atoms with Gasteiger partial charge in [-0.05, 0) is 43.5 Å². The Morgan fingerprint density at radius 2 is 2.04 bits per heavy atom. The van der Waals surface area contributed by atoms with Gasteiger partial charge >= 0.3 is 0 Å². The molecule has 1 amide bonds. The van der Waals surface area contributed by atoms with Crippen LogP contribution in [0.4, 0.5) is 0 Å². The van der Waals surface area contributed by atoms with Gasteiger partial charge in [-0.1, -0.05) is 35.9 Å². The third-order valence-corrected chi connectivity index (χ3v) is 4.26. The molecule has 1 aliphatic rings. The molecule has 3 aromatic rings. The molecule has 0 spiro atoms. The zero-order valence-electron chi connectivity index (χ0n) is 14.1. The first kappa shape index (κ1) is 15.6. The van der Waals surface area contributed by atoms with Gasteiger partial charge in [-0.15, -0.1) is 0 Å². The summed E-state index contributed by atoms with van der Waals surface area (Å²) in [7, 11) is 0. The Kier molecular flexibility index (Phi) is 4.06. The average Bonchev–Trinajstić information content (AvgIpc) is 3.30. The molecule has 0 saturated heterocycles. The van der Waals surface area contributed by atoms with Gasteiger partial charge < -0.3 is 5.32 Å². The summed E-state index contributed by atoms with van der Waals surface area (Å²) >= 11 is 0. The van der Waals surface area contributed by atoms with Crippen LogP contribution in [0.2, 0.25) is 0 Å². The maximum absolute atomic E-state index is 12.2.